The van der Waals surface area contributed by atoms with E-state index in [9.17, 15) is 9.59 Å². The molecule has 0 saturated carbocycles. The Morgan fingerprint density at radius 1 is 0.778 bits per heavy atom. The Kier molecular flexibility index (Phi) is 5.51. The maximum absolute atomic E-state index is 12.8. The molecule has 0 aliphatic rings. The molecule has 3 nitrogen and oxygen atoms in total. The molecule has 3 rings (SSSR count). The standard InChI is InChI=1S/C24H23NO2/c1-16-9-7-10-17(2)22(16)25-24(27)18(3)20-13-8-14-21(15-20)23(26)19-11-5-4-6-12-19/h4-15,18H,1-3H3,(H,25,27)/t18-/m0/s1. The lowest BCUT2D eigenvalue weighted by atomic mass is 9.95. The Morgan fingerprint density at radius 2 is 1.37 bits per heavy atom. The topological polar surface area (TPSA) is 46.2 Å². The van der Waals surface area contributed by atoms with Crippen LogP contribution < -0.4 is 5.32 Å². The van der Waals surface area contributed by atoms with Gasteiger partial charge in [0.15, 0.2) is 5.78 Å². The molecule has 1 atom stereocenters. The summed E-state index contributed by atoms with van der Waals surface area (Å²) in [6.07, 6.45) is 0. The molecule has 27 heavy (non-hydrogen) atoms. The maximum Gasteiger partial charge on any atom is 0.231 e. The van der Waals surface area contributed by atoms with Crippen LogP contribution in [0.15, 0.2) is 72.8 Å². The van der Waals surface area contributed by atoms with Crippen molar-refractivity contribution in [3.05, 3.63) is 101 Å². The third-order valence-electron chi connectivity index (χ3n) is 4.81. The third kappa shape index (κ3) is 4.14. The van der Waals surface area contributed by atoms with Gasteiger partial charge in [0.05, 0.1) is 5.92 Å². The van der Waals surface area contributed by atoms with Crippen LogP contribution in [0.3, 0.4) is 0 Å². The zero-order valence-electron chi connectivity index (χ0n) is 15.8. The van der Waals surface area contributed by atoms with Crippen LogP contribution in [-0.4, -0.2) is 11.7 Å². The van der Waals surface area contributed by atoms with Crippen molar-refractivity contribution in [2.75, 3.05) is 5.32 Å². The van der Waals surface area contributed by atoms with Crippen molar-refractivity contribution >= 4 is 17.4 Å². The Morgan fingerprint density at radius 3 is 2.04 bits per heavy atom. The molecule has 0 unspecified atom stereocenters. The first-order valence-corrected chi connectivity index (χ1v) is 9.04. The number of rotatable bonds is 5. The van der Waals surface area contributed by atoms with Crippen molar-refractivity contribution in [2.24, 2.45) is 0 Å². The zero-order valence-corrected chi connectivity index (χ0v) is 15.8. The summed E-state index contributed by atoms with van der Waals surface area (Å²) >= 11 is 0. The number of para-hydroxylation sites is 1. The molecule has 0 aliphatic carbocycles. The van der Waals surface area contributed by atoms with Gasteiger partial charge in [-0.15, -0.1) is 0 Å². The van der Waals surface area contributed by atoms with Crippen LogP contribution >= 0.6 is 0 Å². The Bertz CT molecular complexity index is 956. The minimum absolute atomic E-state index is 0.0418. The fourth-order valence-corrected chi connectivity index (χ4v) is 3.10. The van der Waals surface area contributed by atoms with Crippen molar-refractivity contribution in [1.82, 2.24) is 0 Å². The molecule has 0 aromatic heterocycles. The number of ketones is 1. The third-order valence-corrected chi connectivity index (χ3v) is 4.81. The van der Waals surface area contributed by atoms with Gasteiger partial charge in [0, 0.05) is 16.8 Å². The predicted octanol–water partition coefficient (Wildman–Crippen LogP) is 5.28. The number of amides is 1. The SMILES string of the molecule is Cc1cccc(C)c1NC(=O)[C@@H](C)c1cccc(C(=O)c2ccccc2)c1. The Balaban J connectivity index is 1.82. The van der Waals surface area contributed by atoms with Crippen LogP contribution in [0, 0.1) is 13.8 Å². The molecular formula is C24H23NO2. The predicted molar refractivity (Wildman–Crippen MR) is 109 cm³/mol. The van der Waals surface area contributed by atoms with E-state index in [-0.39, 0.29) is 17.6 Å². The summed E-state index contributed by atoms with van der Waals surface area (Å²) in [7, 11) is 0. The lowest BCUT2D eigenvalue weighted by molar-refractivity contribution is -0.117. The molecule has 0 heterocycles. The van der Waals surface area contributed by atoms with E-state index in [1.165, 1.54) is 0 Å². The molecule has 3 aromatic carbocycles. The number of anilines is 1. The van der Waals surface area contributed by atoms with Gasteiger partial charge in [-0.3, -0.25) is 9.59 Å². The van der Waals surface area contributed by atoms with Crippen LogP contribution in [0.2, 0.25) is 0 Å². The number of hydrogen-bond donors (Lipinski definition) is 1. The van der Waals surface area contributed by atoms with Gasteiger partial charge < -0.3 is 5.32 Å². The van der Waals surface area contributed by atoms with Crippen LogP contribution in [0.5, 0.6) is 0 Å². The van der Waals surface area contributed by atoms with Crippen molar-refractivity contribution in [3.8, 4) is 0 Å². The van der Waals surface area contributed by atoms with E-state index in [0.717, 1.165) is 22.4 Å². The van der Waals surface area contributed by atoms with Crippen molar-refractivity contribution in [3.63, 3.8) is 0 Å². The van der Waals surface area contributed by atoms with Crippen molar-refractivity contribution in [1.29, 1.82) is 0 Å². The first kappa shape index (κ1) is 18.6. The molecule has 0 saturated heterocycles. The highest BCUT2D eigenvalue weighted by Crippen LogP contribution is 2.24. The molecule has 0 aliphatic heterocycles. The van der Waals surface area contributed by atoms with E-state index in [2.05, 4.69) is 5.32 Å². The number of carbonyl (C=O) groups is 2. The number of aryl methyl sites for hydroxylation is 2. The highest BCUT2D eigenvalue weighted by atomic mass is 16.2. The Labute approximate surface area is 160 Å². The molecule has 0 fully saturated rings. The van der Waals surface area contributed by atoms with Gasteiger partial charge in [0.25, 0.3) is 0 Å². The second kappa shape index (κ2) is 8.00. The molecular weight excluding hydrogens is 334 g/mol. The normalized spacial score (nSPS) is 11.7. The molecule has 0 spiro atoms. The summed E-state index contributed by atoms with van der Waals surface area (Å²) in [5.74, 6) is -0.496. The second-order valence-electron chi connectivity index (χ2n) is 6.80. The number of carbonyl (C=O) groups excluding carboxylic acids is 2. The first-order valence-electron chi connectivity index (χ1n) is 9.04. The lowest BCUT2D eigenvalue weighted by Crippen LogP contribution is -2.20. The van der Waals surface area contributed by atoms with Gasteiger partial charge in [-0.25, -0.2) is 0 Å². The smallest absolute Gasteiger partial charge is 0.231 e. The van der Waals surface area contributed by atoms with Crippen molar-refractivity contribution < 1.29 is 9.59 Å². The summed E-state index contributed by atoms with van der Waals surface area (Å²) in [5.41, 5.74) is 4.96. The monoisotopic (exact) mass is 357 g/mol. The molecule has 1 amide bonds. The average molecular weight is 357 g/mol. The van der Waals surface area contributed by atoms with E-state index in [4.69, 9.17) is 0 Å². The van der Waals surface area contributed by atoms with Gasteiger partial charge in [0.1, 0.15) is 0 Å². The average Bonchev–Trinajstić information content (AvgIpc) is 2.70. The zero-order chi connectivity index (χ0) is 19.4. The Hall–Kier alpha value is -3.20. The summed E-state index contributed by atoms with van der Waals surface area (Å²) in [5, 5.41) is 3.03. The number of benzene rings is 3. The van der Waals surface area contributed by atoms with E-state index in [1.807, 2.05) is 75.4 Å². The van der Waals surface area contributed by atoms with Gasteiger partial charge in [-0.1, -0.05) is 66.7 Å². The molecule has 3 aromatic rings. The van der Waals surface area contributed by atoms with Crippen LogP contribution in [0.4, 0.5) is 5.69 Å². The highest BCUT2D eigenvalue weighted by molar-refractivity contribution is 6.09. The quantitative estimate of drug-likeness (QED) is 0.632. The molecule has 136 valence electrons. The fourth-order valence-electron chi connectivity index (χ4n) is 3.10. The highest BCUT2D eigenvalue weighted by Gasteiger charge is 2.18. The van der Waals surface area contributed by atoms with Crippen molar-refractivity contribution in [2.45, 2.75) is 26.7 Å². The van der Waals surface area contributed by atoms with Crippen LogP contribution in [0.1, 0.15) is 45.5 Å². The molecule has 1 N–H and O–H groups in total. The molecule has 3 heteroatoms. The van der Waals surface area contributed by atoms with Crippen LogP contribution in [-0.2, 0) is 4.79 Å². The van der Waals surface area contributed by atoms with E-state index < -0.39 is 0 Å². The van der Waals surface area contributed by atoms with E-state index in [0.29, 0.717) is 11.1 Å². The van der Waals surface area contributed by atoms with Gasteiger partial charge in [-0.2, -0.15) is 0 Å². The van der Waals surface area contributed by atoms with Gasteiger partial charge >= 0.3 is 0 Å². The lowest BCUT2D eigenvalue weighted by Gasteiger charge is -2.16. The second-order valence-corrected chi connectivity index (χ2v) is 6.80. The number of hydrogen-bond acceptors (Lipinski definition) is 2. The minimum atomic E-state index is -0.368. The van der Waals surface area contributed by atoms with Gasteiger partial charge in [-0.05, 0) is 43.5 Å². The minimum Gasteiger partial charge on any atom is -0.325 e. The van der Waals surface area contributed by atoms with E-state index >= 15 is 0 Å². The summed E-state index contributed by atoms with van der Waals surface area (Å²) in [6, 6.07) is 22.4. The van der Waals surface area contributed by atoms with E-state index in [1.54, 1.807) is 18.2 Å². The fraction of sp³-hybridized carbons (Fsp3) is 0.167. The summed E-state index contributed by atoms with van der Waals surface area (Å²) in [6.45, 7) is 5.81. The summed E-state index contributed by atoms with van der Waals surface area (Å²) in [4.78, 5) is 25.4. The van der Waals surface area contributed by atoms with Gasteiger partial charge in [0.2, 0.25) is 5.91 Å². The molecule has 0 radical (unpaired) electrons. The molecule has 0 bridgehead atoms. The first-order chi connectivity index (χ1) is 13.0. The largest absolute Gasteiger partial charge is 0.325 e. The number of nitrogens with one attached hydrogen (secondary N) is 1. The summed E-state index contributed by atoms with van der Waals surface area (Å²) < 4.78 is 0. The van der Waals surface area contributed by atoms with Crippen LogP contribution in [0.25, 0.3) is 0 Å². The maximum atomic E-state index is 12.8.